The minimum absolute atomic E-state index is 0.690. The summed E-state index contributed by atoms with van der Waals surface area (Å²) in [5.74, 6) is 0.781. The Bertz CT molecular complexity index is 1090. The highest BCUT2D eigenvalue weighted by atomic mass is 35.5. The van der Waals surface area contributed by atoms with Crippen molar-refractivity contribution in [1.82, 2.24) is 4.98 Å². The maximum Gasteiger partial charge on any atom is 0.133 e. The third-order valence-corrected chi connectivity index (χ3v) is 4.66. The number of benzene rings is 3. The maximum absolute atomic E-state index is 6.23. The molecule has 0 saturated carbocycles. The molecule has 0 amide bonds. The molecular weight excluding hydrogens is 354 g/mol. The van der Waals surface area contributed by atoms with Crippen LogP contribution in [0.5, 0.6) is 0 Å². The first-order valence-electron chi connectivity index (χ1n) is 8.84. The molecule has 3 nitrogen and oxygen atoms in total. The lowest BCUT2D eigenvalue weighted by molar-refractivity contribution is 1.36. The largest absolute Gasteiger partial charge is 0.355 e. The first-order valence-corrected chi connectivity index (χ1v) is 9.22. The summed E-state index contributed by atoms with van der Waals surface area (Å²) in [5, 5.41) is 8.56. The second-order valence-electron chi connectivity index (χ2n) is 6.70. The van der Waals surface area contributed by atoms with Crippen LogP contribution >= 0.6 is 11.6 Å². The summed E-state index contributed by atoms with van der Waals surface area (Å²) < 4.78 is 0. The quantitative estimate of drug-likeness (QED) is 0.404. The average molecular weight is 374 g/mol. The number of aromatic nitrogens is 1. The van der Waals surface area contributed by atoms with Crippen LogP contribution in [0.3, 0.4) is 0 Å². The summed E-state index contributed by atoms with van der Waals surface area (Å²) >= 11 is 6.23. The Kier molecular flexibility index (Phi) is 4.69. The van der Waals surface area contributed by atoms with Crippen molar-refractivity contribution in [2.45, 2.75) is 13.8 Å². The van der Waals surface area contributed by atoms with Gasteiger partial charge in [0.2, 0.25) is 0 Å². The highest BCUT2D eigenvalue weighted by Crippen LogP contribution is 2.31. The molecule has 0 aliphatic carbocycles. The molecule has 0 radical (unpaired) electrons. The Hall–Kier alpha value is -3.04. The predicted octanol–water partition coefficient (Wildman–Crippen LogP) is 6.99. The van der Waals surface area contributed by atoms with Gasteiger partial charge in [0.1, 0.15) is 5.82 Å². The molecule has 0 aliphatic heterocycles. The summed E-state index contributed by atoms with van der Waals surface area (Å²) in [4.78, 5) is 4.74. The van der Waals surface area contributed by atoms with Gasteiger partial charge in [-0.25, -0.2) is 4.98 Å². The molecule has 0 spiro atoms. The van der Waals surface area contributed by atoms with Crippen LogP contribution in [0.15, 0.2) is 72.8 Å². The topological polar surface area (TPSA) is 37.0 Å². The number of aryl methyl sites for hydroxylation is 2. The predicted molar refractivity (Wildman–Crippen MR) is 116 cm³/mol. The molecule has 0 unspecified atom stereocenters. The lowest BCUT2D eigenvalue weighted by atomic mass is 10.1. The fourth-order valence-electron chi connectivity index (χ4n) is 2.94. The lowest BCUT2D eigenvalue weighted by Gasteiger charge is -2.14. The first-order chi connectivity index (χ1) is 13.1. The van der Waals surface area contributed by atoms with Crippen molar-refractivity contribution in [1.29, 1.82) is 0 Å². The number of fused-ring (bicyclic) bond motifs is 1. The third kappa shape index (κ3) is 4.04. The summed E-state index contributed by atoms with van der Waals surface area (Å²) in [6.07, 6.45) is 0. The van der Waals surface area contributed by atoms with Crippen molar-refractivity contribution < 1.29 is 0 Å². The molecular formula is C23H20ClN3. The van der Waals surface area contributed by atoms with Crippen LogP contribution in [0.25, 0.3) is 10.9 Å². The Labute approximate surface area is 164 Å². The summed E-state index contributed by atoms with van der Waals surface area (Å²) in [6, 6.07) is 24.3. The standard InChI is InChI=1S/C23H20ClN3/c1-15-3-8-18(9-4-15)25-22-14-23(26-19-10-5-16(2)6-11-19)27-21-12-7-17(24)13-20(21)22/h3-14H,1-2H3,(H2,25,26,27). The van der Waals surface area contributed by atoms with Crippen molar-refractivity contribution in [3.63, 3.8) is 0 Å². The molecule has 0 atom stereocenters. The van der Waals surface area contributed by atoms with Crippen LogP contribution in [-0.4, -0.2) is 4.98 Å². The van der Waals surface area contributed by atoms with Crippen molar-refractivity contribution >= 4 is 45.4 Å². The van der Waals surface area contributed by atoms with Gasteiger partial charge in [0.25, 0.3) is 0 Å². The van der Waals surface area contributed by atoms with E-state index in [2.05, 4.69) is 73.0 Å². The van der Waals surface area contributed by atoms with Gasteiger partial charge < -0.3 is 10.6 Å². The van der Waals surface area contributed by atoms with Crippen molar-refractivity contribution in [3.05, 3.63) is 88.9 Å². The molecule has 3 aromatic carbocycles. The monoisotopic (exact) mass is 373 g/mol. The number of hydrogen-bond acceptors (Lipinski definition) is 3. The molecule has 0 bridgehead atoms. The van der Waals surface area contributed by atoms with E-state index < -0.39 is 0 Å². The molecule has 0 fully saturated rings. The number of nitrogens with zero attached hydrogens (tertiary/aromatic N) is 1. The second-order valence-corrected chi connectivity index (χ2v) is 7.14. The SMILES string of the molecule is Cc1ccc(Nc2cc(Nc3ccc(C)cc3)c3cc(Cl)ccc3n2)cc1. The maximum atomic E-state index is 6.23. The van der Waals surface area contributed by atoms with Gasteiger partial charge in [-0.15, -0.1) is 0 Å². The van der Waals surface area contributed by atoms with Crippen LogP contribution in [0.4, 0.5) is 22.9 Å². The summed E-state index contributed by atoms with van der Waals surface area (Å²) in [6.45, 7) is 4.15. The van der Waals surface area contributed by atoms with E-state index in [1.54, 1.807) is 0 Å². The van der Waals surface area contributed by atoms with Crippen molar-refractivity contribution in [3.8, 4) is 0 Å². The van der Waals surface area contributed by atoms with Crippen LogP contribution in [0.2, 0.25) is 5.02 Å². The summed E-state index contributed by atoms with van der Waals surface area (Å²) in [5.41, 5.74) is 6.32. The van der Waals surface area contributed by atoms with Gasteiger partial charge in [-0.1, -0.05) is 47.0 Å². The molecule has 0 aliphatic rings. The van der Waals surface area contributed by atoms with Crippen LogP contribution in [0.1, 0.15) is 11.1 Å². The van der Waals surface area contributed by atoms with Gasteiger partial charge in [-0.3, -0.25) is 0 Å². The Morgan fingerprint density at radius 3 is 1.93 bits per heavy atom. The van der Waals surface area contributed by atoms with Gasteiger partial charge >= 0.3 is 0 Å². The highest BCUT2D eigenvalue weighted by Gasteiger charge is 2.08. The molecule has 4 heteroatoms. The molecule has 1 aromatic heterocycles. The first kappa shape index (κ1) is 17.4. The van der Waals surface area contributed by atoms with E-state index in [1.807, 2.05) is 24.3 Å². The Morgan fingerprint density at radius 1 is 0.704 bits per heavy atom. The number of halogens is 1. The summed E-state index contributed by atoms with van der Waals surface area (Å²) in [7, 11) is 0. The third-order valence-electron chi connectivity index (χ3n) is 4.43. The number of nitrogens with one attached hydrogen (secondary N) is 2. The van der Waals surface area contributed by atoms with Crippen molar-refractivity contribution in [2.75, 3.05) is 10.6 Å². The van der Waals surface area contributed by atoms with E-state index in [4.69, 9.17) is 16.6 Å². The number of pyridine rings is 1. The smallest absolute Gasteiger partial charge is 0.133 e. The molecule has 4 rings (SSSR count). The van der Waals surface area contributed by atoms with Crippen LogP contribution in [-0.2, 0) is 0 Å². The van der Waals surface area contributed by atoms with E-state index >= 15 is 0 Å². The van der Waals surface area contributed by atoms with Gasteiger partial charge in [-0.05, 0) is 56.3 Å². The zero-order valence-electron chi connectivity index (χ0n) is 15.3. The second kappa shape index (κ2) is 7.29. The van der Waals surface area contributed by atoms with E-state index in [9.17, 15) is 0 Å². The number of anilines is 4. The minimum atomic E-state index is 0.690. The lowest BCUT2D eigenvalue weighted by Crippen LogP contribution is -1.98. The van der Waals surface area contributed by atoms with E-state index in [1.165, 1.54) is 11.1 Å². The van der Waals surface area contributed by atoms with Gasteiger partial charge in [0.05, 0.1) is 11.2 Å². The van der Waals surface area contributed by atoms with Crippen LogP contribution in [0, 0.1) is 13.8 Å². The molecule has 134 valence electrons. The van der Waals surface area contributed by atoms with E-state index in [0.29, 0.717) is 5.02 Å². The fourth-order valence-corrected chi connectivity index (χ4v) is 3.11. The average Bonchev–Trinajstić information content (AvgIpc) is 2.66. The fraction of sp³-hybridized carbons (Fsp3) is 0.0870. The van der Waals surface area contributed by atoms with Crippen molar-refractivity contribution in [2.24, 2.45) is 0 Å². The van der Waals surface area contributed by atoms with E-state index in [0.717, 1.165) is 33.8 Å². The number of hydrogen-bond donors (Lipinski definition) is 2. The Morgan fingerprint density at radius 2 is 1.30 bits per heavy atom. The highest BCUT2D eigenvalue weighted by molar-refractivity contribution is 6.31. The number of rotatable bonds is 4. The van der Waals surface area contributed by atoms with E-state index in [-0.39, 0.29) is 0 Å². The molecule has 2 N–H and O–H groups in total. The molecule has 1 heterocycles. The minimum Gasteiger partial charge on any atom is -0.355 e. The molecule has 27 heavy (non-hydrogen) atoms. The normalized spacial score (nSPS) is 10.8. The van der Waals surface area contributed by atoms with Gasteiger partial charge in [-0.2, -0.15) is 0 Å². The molecule has 0 saturated heterocycles. The van der Waals surface area contributed by atoms with Gasteiger partial charge in [0, 0.05) is 27.8 Å². The molecule has 4 aromatic rings. The Balaban J connectivity index is 1.75. The zero-order valence-corrected chi connectivity index (χ0v) is 16.0. The van der Waals surface area contributed by atoms with Crippen LogP contribution < -0.4 is 10.6 Å². The van der Waals surface area contributed by atoms with Gasteiger partial charge in [0.15, 0.2) is 0 Å². The zero-order chi connectivity index (χ0) is 18.8.